The summed E-state index contributed by atoms with van der Waals surface area (Å²) in [5.74, 6) is 0. The van der Waals surface area contributed by atoms with Gasteiger partial charge in [0.1, 0.15) is 0 Å². The van der Waals surface area contributed by atoms with Gasteiger partial charge in [-0.05, 0) is 0 Å². The molecule has 0 nitrogen and oxygen atoms in total. The van der Waals surface area contributed by atoms with Crippen LogP contribution in [0.25, 0.3) is 0 Å². The van der Waals surface area contributed by atoms with Crippen LogP contribution in [0, 0.1) is 40.8 Å². The second kappa shape index (κ2) is 17.4. The van der Waals surface area contributed by atoms with Crippen molar-refractivity contribution in [2.45, 2.75) is 0 Å². The molecule has 0 aliphatic carbocycles. The van der Waals surface area contributed by atoms with E-state index < -0.39 is 0 Å². The van der Waals surface area contributed by atoms with Gasteiger partial charge in [0.2, 0.25) is 0 Å². The zero-order valence-electron chi connectivity index (χ0n) is 1.93. The van der Waals surface area contributed by atoms with Crippen LogP contribution in [0.3, 0.4) is 0 Å². The van der Waals surface area contributed by atoms with Crippen LogP contribution in [0.2, 0.25) is 0 Å². The molecule has 19 valence electrons. The van der Waals surface area contributed by atoms with Gasteiger partial charge in [0.25, 0.3) is 0 Å². The van der Waals surface area contributed by atoms with E-state index in [0.717, 1.165) is 0 Å². The molecule has 0 N–H and O–H groups in total. The Morgan fingerprint density at radius 1 is 1.00 bits per heavy atom. The molecule has 0 aromatic heterocycles. The number of hydrogen-bond donors (Lipinski definition) is 0. The summed E-state index contributed by atoms with van der Waals surface area (Å²) in [6, 6.07) is 0. The fraction of sp³-hybridized carbons (Fsp3) is 0. The second-order valence-electron chi connectivity index (χ2n) is 0. The summed E-state index contributed by atoms with van der Waals surface area (Å²) in [5.41, 5.74) is 0. The third-order valence-electron chi connectivity index (χ3n) is 0. The minimum absolute atomic E-state index is 0. The molecule has 0 amide bonds. The fourth-order valence-electron chi connectivity index (χ4n) is 0. The molecule has 4 heavy (non-hydrogen) atoms. The maximum absolute atomic E-state index is 0. The molecule has 0 aromatic rings. The first-order valence-corrected chi connectivity index (χ1v) is 0. The average Bonchev–Trinajstić information content (AvgIpc) is 0. The van der Waals surface area contributed by atoms with Gasteiger partial charge in [0.15, 0.2) is 0 Å². The van der Waals surface area contributed by atoms with Crippen LogP contribution in [0.1, 0.15) is 0 Å². The minimum Gasteiger partial charge on any atom is 0 e. The Morgan fingerprint density at radius 3 is 1.00 bits per heavy atom. The fourth-order valence-corrected chi connectivity index (χ4v) is 0. The molecule has 0 aliphatic heterocycles. The largest absolute Gasteiger partial charge is 0 e. The molecule has 0 spiro atoms. The standard InChI is InChI=1S/B.Fe.Nd.Ti. The van der Waals surface area contributed by atoms with Crippen molar-refractivity contribution in [1.82, 2.24) is 0 Å². The van der Waals surface area contributed by atoms with Crippen molar-refractivity contribution in [3.63, 3.8) is 0 Å². The molecule has 0 rings (SSSR count). The molecular weight excluding hydrogens is 259 g/mol. The predicted molar refractivity (Wildman–Crippen MR) is 5.75 cm³/mol. The monoisotopic (exact) mass is 257 g/mol. The first-order chi connectivity index (χ1) is 0. The van der Waals surface area contributed by atoms with Crippen LogP contribution in [-0.2, 0) is 38.8 Å². The summed E-state index contributed by atoms with van der Waals surface area (Å²) < 4.78 is 0. The summed E-state index contributed by atoms with van der Waals surface area (Å²) in [7, 11) is 0. The summed E-state index contributed by atoms with van der Waals surface area (Å²) in [5, 5.41) is 0. The average molecular weight is 259 g/mol. The third-order valence-corrected chi connectivity index (χ3v) is 0. The Balaban J connectivity index is 0. The van der Waals surface area contributed by atoms with Gasteiger partial charge in [-0.2, -0.15) is 0 Å². The van der Waals surface area contributed by atoms with Crippen molar-refractivity contribution >= 4 is 8.41 Å². The van der Waals surface area contributed by atoms with Gasteiger partial charge in [-0.25, -0.2) is 0 Å². The molecule has 0 atom stereocenters. The second-order valence-corrected chi connectivity index (χ2v) is 0. The van der Waals surface area contributed by atoms with E-state index in [0.29, 0.717) is 0 Å². The van der Waals surface area contributed by atoms with Gasteiger partial charge in [-0.15, -0.1) is 0 Å². The van der Waals surface area contributed by atoms with E-state index >= 15 is 0 Å². The SMILES string of the molecule is [B].[Fe].[Nd].[Ti]. The molecule has 0 saturated carbocycles. The molecule has 0 unspecified atom stereocenters. The van der Waals surface area contributed by atoms with Gasteiger partial charge in [-0.1, -0.05) is 0 Å². The maximum Gasteiger partial charge on any atom is 0 e. The smallest absolute Gasteiger partial charge is 0 e. The quantitative estimate of drug-likeness (QED) is 0.520. The van der Waals surface area contributed by atoms with Crippen molar-refractivity contribution in [1.29, 1.82) is 0 Å². The van der Waals surface area contributed by atoms with Crippen LogP contribution in [0.4, 0.5) is 0 Å². The van der Waals surface area contributed by atoms with Gasteiger partial charge in [-0.3, -0.25) is 0 Å². The van der Waals surface area contributed by atoms with Crippen LogP contribution in [-0.4, -0.2) is 8.41 Å². The van der Waals surface area contributed by atoms with Crippen molar-refractivity contribution in [3.8, 4) is 0 Å². The summed E-state index contributed by atoms with van der Waals surface area (Å²) in [6.45, 7) is 0. The van der Waals surface area contributed by atoms with Crippen LogP contribution in [0.5, 0.6) is 0 Å². The minimum atomic E-state index is 0. The number of hydrogen-bond acceptors (Lipinski definition) is 0. The molecule has 0 heterocycles. The van der Waals surface area contributed by atoms with Crippen molar-refractivity contribution < 1.29 is 79.6 Å². The third kappa shape index (κ3) is 8.82. The normalized spacial score (nSPS) is 0. The number of rotatable bonds is 0. The topological polar surface area (TPSA) is 0 Å². The van der Waals surface area contributed by atoms with Crippen LogP contribution in [0.15, 0.2) is 0 Å². The molecule has 0 aliphatic rings. The predicted octanol–water partition coefficient (Wildman–Crippen LogP) is -0.386. The molecular formula is BFeNdTi. The Labute approximate surface area is 86.3 Å². The van der Waals surface area contributed by atoms with E-state index in [9.17, 15) is 0 Å². The molecule has 0 aromatic carbocycles. The Kier molecular flexibility index (Phi) is 132. The molecule has 0 bridgehead atoms. The molecule has 4 heteroatoms. The Bertz CT molecular complexity index is 8.00. The zero-order chi connectivity index (χ0) is 0. The molecule has 0 saturated heterocycles. The van der Waals surface area contributed by atoms with Crippen LogP contribution >= 0.6 is 0 Å². The van der Waals surface area contributed by atoms with Crippen molar-refractivity contribution in [2.75, 3.05) is 0 Å². The van der Waals surface area contributed by atoms with E-state index in [1.807, 2.05) is 0 Å². The first kappa shape index (κ1) is 30.2. The Morgan fingerprint density at radius 2 is 1.00 bits per heavy atom. The van der Waals surface area contributed by atoms with E-state index in [1.165, 1.54) is 0 Å². The van der Waals surface area contributed by atoms with Gasteiger partial charge < -0.3 is 0 Å². The van der Waals surface area contributed by atoms with Gasteiger partial charge in [0.05, 0.1) is 0 Å². The van der Waals surface area contributed by atoms with Crippen LogP contribution < -0.4 is 0 Å². The Hall–Kier alpha value is 2.65. The van der Waals surface area contributed by atoms with Crippen molar-refractivity contribution in [2.24, 2.45) is 0 Å². The van der Waals surface area contributed by atoms with Gasteiger partial charge in [0, 0.05) is 88.0 Å². The van der Waals surface area contributed by atoms with E-state index in [4.69, 9.17) is 0 Å². The van der Waals surface area contributed by atoms with Crippen molar-refractivity contribution in [3.05, 3.63) is 0 Å². The first-order valence-electron chi connectivity index (χ1n) is 0. The van der Waals surface area contributed by atoms with E-state index in [2.05, 4.69) is 0 Å². The van der Waals surface area contributed by atoms with Gasteiger partial charge >= 0.3 is 0 Å². The van der Waals surface area contributed by atoms with E-state index in [-0.39, 0.29) is 88.0 Å². The molecule has 0 fully saturated rings. The molecule has 3 radical (unpaired) electrons. The summed E-state index contributed by atoms with van der Waals surface area (Å²) in [4.78, 5) is 0. The summed E-state index contributed by atoms with van der Waals surface area (Å²) >= 11 is 0. The summed E-state index contributed by atoms with van der Waals surface area (Å²) in [6.07, 6.45) is 0. The maximum atomic E-state index is 0. The van der Waals surface area contributed by atoms with E-state index in [1.54, 1.807) is 0 Å². The zero-order valence-corrected chi connectivity index (χ0v) is 7.80.